The van der Waals surface area contributed by atoms with Crippen molar-refractivity contribution in [2.24, 2.45) is 23.7 Å². The zero-order valence-electron chi connectivity index (χ0n) is 21.7. The van der Waals surface area contributed by atoms with Gasteiger partial charge in [0, 0.05) is 6.42 Å². The number of hydrogen-bond donors (Lipinski definition) is 0. The first-order valence-electron chi connectivity index (χ1n) is 14.1. The normalized spacial score (nSPS) is 25.8. The van der Waals surface area contributed by atoms with Crippen molar-refractivity contribution in [2.45, 2.75) is 84.0 Å². The number of hydrogen-bond acceptors (Lipinski definition) is 2. The van der Waals surface area contributed by atoms with Crippen molar-refractivity contribution >= 4 is 12.0 Å². The van der Waals surface area contributed by atoms with Gasteiger partial charge in [0.15, 0.2) is 0 Å². The van der Waals surface area contributed by atoms with Gasteiger partial charge in [0.25, 0.3) is 0 Å². The Kier molecular flexibility index (Phi) is 8.07. The monoisotopic (exact) mass is 510 g/mol. The van der Waals surface area contributed by atoms with Crippen LogP contribution in [0.25, 0.3) is 17.2 Å². The fourth-order valence-corrected chi connectivity index (χ4v) is 6.91. The van der Waals surface area contributed by atoms with Crippen LogP contribution in [0, 0.1) is 41.1 Å². The minimum atomic E-state index is -0.714. The largest absolute Gasteiger partial charge is 0.431 e. The summed E-state index contributed by atoms with van der Waals surface area (Å²) < 4.78 is 49.2. The van der Waals surface area contributed by atoms with Gasteiger partial charge in [-0.05, 0) is 104 Å². The molecule has 198 valence electrons. The van der Waals surface area contributed by atoms with Gasteiger partial charge in [0.2, 0.25) is 0 Å². The molecule has 0 N–H and O–H groups in total. The quantitative estimate of drug-likeness (QED) is 0.363. The number of allylic oxidation sites excluding steroid dienone is 1. The number of fused-ring (bicyclic) bond motifs is 1. The maximum absolute atomic E-state index is 15.3. The van der Waals surface area contributed by atoms with E-state index in [2.05, 4.69) is 6.92 Å². The summed E-state index contributed by atoms with van der Waals surface area (Å²) in [5, 5.41) is 0. The highest BCUT2D eigenvalue weighted by Crippen LogP contribution is 2.43. The van der Waals surface area contributed by atoms with Gasteiger partial charge in [0.1, 0.15) is 23.2 Å². The maximum atomic E-state index is 15.3. The van der Waals surface area contributed by atoms with Crippen molar-refractivity contribution in [3.8, 4) is 11.1 Å². The lowest BCUT2D eigenvalue weighted by Crippen LogP contribution is -2.29. The number of halogens is 3. The molecule has 3 aliphatic carbocycles. The molecule has 2 saturated carbocycles. The molecule has 2 nitrogen and oxygen atoms in total. The van der Waals surface area contributed by atoms with Crippen LogP contribution in [0.2, 0.25) is 0 Å². The lowest BCUT2D eigenvalue weighted by molar-refractivity contribution is -0.146. The summed E-state index contributed by atoms with van der Waals surface area (Å²) in [4.78, 5) is 12.9. The number of benzene rings is 2. The lowest BCUT2D eigenvalue weighted by Gasteiger charge is -2.37. The summed E-state index contributed by atoms with van der Waals surface area (Å²) in [6.07, 6.45) is 14.3. The molecule has 0 saturated heterocycles. The first-order valence-corrected chi connectivity index (χ1v) is 14.1. The molecule has 3 aliphatic rings. The van der Waals surface area contributed by atoms with E-state index in [-0.39, 0.29) is 17.5 Å². The van der Waals surface area contributed by atoms with Crippen LogP contribution in [0.1, 0.15) is 88.7 Å². The van der Waals surface area contributed by atoms with Gasteiger partial charge >= 0.3 is 5.97 Å². The summed E-state index contributed by atoms with van der Waals surface area (Å²) in [7, 11) is 0. The molecule has 2 aromatic rings. The van der Waals surface area contributed by atoms with Crippen LogP contribution in [0.15, 0.2) is 36.1 Å². The zero-order chi connectivity index (χ0) is 25.9. The predicted molar refractivity (Wildman–Crippen MR) is 140 cm³/mol. The van der Waals surface area contributed by atoms with Crippen LogP contribution in [0.5, 0.6) is 0 Å². The van der Waals surface area contributed by atoms with E-state index in [0.29, 0.717) is 35.3 Å². The Morgan fingerprint density at radius 1 is 0.892 bits per heavy atom. The van der Waals surface area contributed by atoms with Gasteiger partial charge in [-0.25, -0.2) is 13.2 Å². The average Bonchev–Trinajstić information content (AvgIpc) is 2.90. The Hall–Kier alpha value is -2.56. The van der Waals surface area contributed by atoms with Crippen LogP contribution in [-0.4, -0.2) is 5.97 Å². The van der Waals surface area contributed by atoms with E-state index in [1.54, 1.807) is 6.08 Å². The molecule has 5 heteroatoms. The standard InChI is InChI=1S/C32H37F3O2/c1-2-3-20-4-6-21(7-5-20)22-8-10-24(11-9-22)32(36)37-27-16-17-28-25(18-27)19-29(34)30(31(28)35)23-12-14-26(33)15-13-23/h12-15,18-22,24H,2-11,16-17H2,1H3. The summed E-state index contributed by atoms with van der Waals surface area (Å²) >= 11 is 0. The molecule has 0 atom stereocenters. The maximum Gasteiger partial charge on any atom is 0.314 e. The second-order valence-electron chi connectivity index (χ2n) is 11.3. The van der Waals surface area contributed by atoms with Crippen molar-refractivity contribution in [1.29, 1.82) is 0 Å². The van der Waals surface area contributed by atoms with E-state index in [1.807, 2.05) is 0 Å². The third-order valence-electron chi connectivity index (χ3n) is 9.02. The zero-order valence-corrected chi connectivity index (χ0v) is 21.7. The highest BCUT2D eigenvalue weighted by molar-refractivity contribution is 5.76. The minimum Gasteiger partial charge on any atom is -0.431 e. The van der Waals surface area contributed by atoms with E-state index in [4.69, 9.17) is 4.74 Å². The number of rotatable bonds is 6. The van der Waals surface area contributed by atoms with Crippen molar-refractivity contribution in [1.82, 2.24) is 0 Å². The van der Waals surface area contributed by atoms with Crippen molar-refractivity contribution < 1.29 is 22.7 Å². The van der Waals surface area contributed by atoms with Crippen LogP contribution in [0.4, 0.5) is 13.2 Å². The molecule has 0 aromatic heterocycles. The first-order chi connectivity index (χ1) is 17.9. The van der Waals surface area contributed by atoms with E-state index < -0.39 is 17.5 Å². The fraction of sp³-hybridized carbons (Fsp3) is 0.531. The number of esters is 1. The first kappa shape index (κ1) is 26.1. The molecule has 5 rings (SSSR count). The predicted octanol–water partition coefficient (Wildman–Crippen LogP) is 9.01. The highest BCUT2D eigenvalue weighted by Gasteiger charge is 2.34. The molecular formula is C32H37F3O2. The number of carbonyl (C=O) groups is 1. The molecule has 0 bridgehead atoms. The molecular weight excluding hydrogens is 473 g/mol. The van der Waals surface area contributed by atoms with Gasteiger partial charge in [-0.2, -0.15) is 0 Å². The van der Waals surface area contributed by atoms with Crippen molar-refractivity contribution in [3.05, 3.63) is 64.7 Å². The van der Waals surface area contributed by atoms with E-state index in [9.17, 15) is 13.6 Å². The molecule has 0 heterocycles. The highest BCUT2D eigenvalue weighted by atomic mass is 19.1. The second-order valence-corrected chi connectivity index (χ2v) is 11.3. The van der Waals surface area contributed by atoms with Gasteiger partial charge in [-0.15, -0.1) is 0 Å². The Labute approximate surface area is 218 Å². The Morgan fingerprint density at radius 3 is 2.19 bits per heavy atom. The Balaban J connectivity index is 1.19. The van der Waals surface area contributed by atoms with Gasteiger partial charge in [-0.1, -0.05) is 44.7 Å². The topological polar surface area (TPSA) is 26.3 Å². The SMILES string of the molecule is CCCC1CCC(C2CCC(C(=O)OC3=Cc4cc(F)c(-c5ccc(F)cc5)c(F)c4CC3)CC2)CC1. The molecule has 2 aromatic carbocycles. The smallest absolute Gasteiger partial charge is 0.314 e. The minimum absolute atomic E-state index is 0.0932. The van der Waals surface area contributed by atoms with E-state index in [0.717, 1.165) is 43.4 Å². The molecule has 0 unspecified atom stereocenters. The fourth-order valence-electron chi connectivity index (χ4n) is 6.91. The summed E-state index contributed by atoms with van der Waals surface area (Å²) in [5.41, 5.74) is 0.945. The van der Waals surface area contributed by atoms with Crippen molar-refractivity contribution in [3.63, 3.8) is 0 Å². The van der Waals surface area contributed by atoms with E-state index >= 15 is 4.39 Å². The average molecular weight is 511 g/mol. The van der Waals surface area contributed by atoms with E-state index in [1.165, 1.54) is 68.9 Å². The summed E-state index contributed by atoms with van der Waals surface area (Å²) in [6, 6.07) is 6.42. The molecule has 2 fully saturated rings. The molecule has 0 amide bonds. The lowest BCUT2D eigenvalue weighted by atomic mass is 9.69. The third kappa shape index (κ3) is 5.81. The summed E-state index contributed by atoms with van der Waals surface area (Å²) in [6.45, 7) is 2.27. The molecule has 0 aliphatic heterocycles. The molecule has 37 heavy (non-hydrogen) atoms. The number of carbonyl (C=O) groups excluding carboxylic acids is 1. The van der Waals surface area contributed by atoms with Crippen LogP contribution >= 0.6 is 0 Å². The second kappa shape index (κ2) is 11.4. The molecule has 0 radical (unpaired) electrons. The Morgan fingerprint density at radius 2 is 1.54 bits per heavy atom. The van der Waals surface area contributed by atoms with Gasteiger partial charge in [-0.3, -0.25) is 4.79 Å². The van der Waals surface area contributed by atoms with Crippen molar-refractivity contribution in [2.75, 3.05) is 0 Å². The van der Waals surface area contributed by atoms with Crippen LogP contribution < -0.4 is 0 Å². The van der Waals surface area contributed by atoms with Gasteiger partial charge < -0.3 is 4.74 Å². The summed E-state index contributed by atoms with van der Waals surface area (Å²) in [5.74, 6) is 0.827. The van der Waals surface area contributed by atoms with Crippen LogP contribution in [0.3, 0.4) is 0 Å². The van der Waals surface area contributed by atoms with Crippen LogP contribution in [-0.2, 0) is 16.0 Å². The van der Waals surface area contributed by atoms with Gasteiger partial charge in [0.05, 0.1) is 11.5 Å². The third-order valence-corrected chi connectivity index (χ3v) is 9.02. The Bertz CT molecular complexity index is 1140. The molecule has 0 spiro atoms. The number of ether oxygens (including phenoxy) is 1.